The smallest absolute Gasteiger partial charge is 0.155 e. The van der Waals surface area contributed by atoms with E-state index in [1.165, 1.54) is 5.56 Å². The molecule has 1 N–H and O–H groups in total. The Morgan fingerprint density at radius 2 is 2.09 bits per heavy atom. The van der Waals surface area contributed by atoms with E-state index in [9.17, 15) is 4.79 Å². The first-order chi connectivity index (χ1) is 10.8. The topological polar surface area (TPSA) is 55.0 Å². The van der Waals surface area contributed by atoms with Crippen LogP contribution in [0.4, 0.5) is 0 Å². The van der Waals surface area contributed by atoms with Crippen LogP contribution in [0.2, 0.25) is 0 Å². The van der Waals surface area contributed by atoms with Gasteiger partial charge in [0.05, 0.1) is 0 Å². The number of nitrogens with zero attached hydrogens (tertiary/aromatic N) is 1. The van der Waals surface area contributed by atoms with Gasteiger partial charge in [-0.3, -0.25) is 4.79 Å². The number of hydrogen-bond acceptors (Lipinski definition) is 3. The van der Waals surface area contributed by atoms with Crippen LogP contribution >= 0.6 is 0 Å². The first-order valence-corrected chi connectivity index (χ1v) is 7.55. The molecule has 0 spiro atoms. The number of unbranched alkanes of at least 4 members (excludes halogenated alkanes) is 1. The van der Waals surface area contributed by atoms with Crippen molar-refractivity contribution in [1.82, 2.24) is 9.97 Å². The number of carbonyl (C=O) groups excluding carboxylic acids is 1. The molecule has 2 rings (SSSR count). The lowest BCUT2D eigenvalue weighted by atomic mass is 10.1. The van der Waals surface area contributed by atoms with Gasteiger partial charge in [-0.15, -0.1) is 0 Å². The molecule has 4 heteroatoms. The Morgan fingerprint density at radius 1 is 1.27 bits per heavy atom. The summed E-state index contributed by atoms with van der Waals surface area (Å²) in [7, 11) is 1.68. The van der Waals surface area contributed by atoms with Gasteiger partial charge >= 0.3 is 0 Å². The lowest BCUT2D eigenvalue weighted by Gasteiger charge is -2.00. The summed E-state index contributed by atoms with van der Waals surface area (Å²) in [5.41, 5.74) is 2.23. The van der Waals surface area contributed by atoms with Gasteiger partial charge in [0.1, 0.15) is 5.82 Å². The molecule has 116 valence electrons. The van der Waals surface area contributed by atoms with Crippen LogP contribution in [0.1, 0.15) is 36.2 Å². The zero-order chi connectivity index (χ0) is 15.6. The SMILES string of the molecule is COCCCCC(=O)C=Cc1ccc(Cc2ncc[nH]2)cc1. The number of H-pyrrole nitrogens is 1. The maximum absolute atomic E-state index is 11.7. The molecule has 0 saturated heterocycles. The fraction of sp³-hybridized carbons (Fsp3) is 0.333. The molecule has 0 fully saturated rings. The van der Waals surface area contributed by atoms with Crippen molar-refractivity contribution in [2.24, 2.45) is 0 Å². The number of imidazole rings is 1. The second kappa shape index (κ2) is 8.95. The highest BCUT2D eigenvalue weighted by atomic mass is 16.5. The number of aromatic amines is 1. The van der Waals surface area contributed by atoms with Gasteiger partial charge in [-0.25, -0.2) is 4.98 Å². The van der Waals surface area contributed by atoms with Crippen LogP contribution in [-0.4, -0.2) is 29.5 Å². The van der Waals surface area contributed by atoms with E-state index in [0.29, 0.717) is 13.0 Å². The summed E-state index contributed by atoms with van der Waals surface area (Å²) in [6.07, 6.45) is 10.3. The predicted octanol–water partition coefficient (Wildman–Crippen LogP) is 3.40. The number of carbonyl (C=O) groups is 1. The summed E-state index contributed by atoms with van der Waals surface area (Å²) in [4.78, 5) is 19.0. The predicted molar refractivity (Wildman–Crippen MR) is 87.6 cm³/mol. The Kier molecular flexibility index (Phi) is 6.58. The fourth-order valence-corrected chi connectivity index (χ4v) is 2.15. The molecule has 0 radical (unpaired) electrons. The Hall–Kier alpha value is -2.20. The van der Waals surface area contributed by atoms with Gasteiger partial charge in [-0.1, -0.05) is 30.3 Å². The third kappa shape index (κ3) is 5.66. The highest BCUT2D eigenvalue weighted by Crippen LogP contribution is 2.10. The molecule has 0 unspecified atom stereocenters. The third-order valence-corrected chi connectivity index (χ3v) is 3.39. The molecule has 1 aromatic heterocycles. The molecule has 0 aliphatic carbocycles. The molecular weight excluding hydrogens is 276 g/mol. The molecule has 1 heterocycles. The lowest BCUT2D eigenvalue weighted by Crippen LogP contribution is -1.95. The molecule has 2 aromatic rings. The summed E-state index contributed by atoms with van der Waals surface area (Å²) < 4.78 is 4.97. The molecule has 1 aromatic carbocycles. The summed E-state index contributed by atoms with van der Waals surface area (Å²) in [6, 6.07) is 8.16. The van der Waals surface area contributed by atoms with Crippen LogP contribution < -0.4 is 0 Å². The Labute approximate surface area is 131 Å². The van der Waals surface area contributed by atoms with Gasteiger partial charge in [0.15, 0.2) is 5.78 Å². The largest absolute Gasteiger partial charge is 0.385 e. The van der Waals surface area contributed by atoms with E-state index in [4.69, 9.17) is 4.74 Å². The van der Waals surface area contributed by atoms with Crippen molar-refractivity contribution in [3.05, 3.63) is 59.7 Å². The van der Waals surface area contributed by atoms with E-state index in [2.05, 4.69) is 22.1 Å². The fourth-order valence-electron chi connectivity index (χ4n) is 2.15. The van der Waals surface area contributed by atoms with E-state index >= 15 is 0 Å². The highest BCUT2D eigenvalue weighted by molar-refractivity contribution is 5.93. The van der Waals surface area contributed by atoms with Crippen LogP contribution in [0, 0.1) is 0 Å². The number of allylic oxidation sites excluding steroid dienone is 1. The Balaban J connectivity index is 1.80. The number of rotatable bonds is 9. The minimum Gasteiger partial charge on any atom is -0.385 e. The minimum atomic E-state index is 0.163. The van der Waals surface area contributed by atoms with E-state index in [-0.39, 0.29) is 5.78 Å². The Bertz CT molecular complexity index is 586. The summed E-state index contributed by atoms with van der Waals surface area (Å²) in [6.45, 7) is 0.716. The molecule has 22 heavy (non-hydrogen) atoms. The Morgan fingerprint density at radius 3 is 2.77 bits per heavy atom. The number of ketones is 1. The number of aromatic nitrogens is 2. The molecule has 0 atom stereocenters. The van der Waals surface area contributed by atoms with Crippen LogP contribution in [-0.2, 0) is 16.0 Å². The molecular formula is C18H22N2O2. The zero-order valence-electron chi connectivity index (χ0n) is 12.9. The summed E-state index contributed by atoms with van der Waals surface area (Å²) in [5, 5.41) is 0. The maximum Gasteiger partial charge on any atom is 0.155 e. The minimum absolute atomic E-state index is 0.163. The van der Waals surface area contributed by atoms with Crippen LogP contribution in [0.25, 0.3) is 6.08 Å². The number of benzene rings is 1. The number of ether oxygens (including phenoxy) is 1. The van der Waals surface area contributed by atoms with E-state index < -0.39 is 0 Å². The van der Waals surface area contributed by atoms with E-state index in [0.717, 1.165) is 30.7 Å². The van der Waals surface area contributed by atoms with Gasteiger partial charge in [-0.2, -0.15) is 0 Å². The zero-order valence-corrected chi connectivity index (χ0v) is 12.9. The second-order valence-corrected chi connectivity index (χ2v) is 5.20. The third-order valence-electron chi connectivity index (χ3n) is 3.39. The van der Waals surface area contributed by atoms with Gasteiger partial charge in [0.25, 0.3) is 0 Å². The molecule has 0 amide bonds. The van der Waals surface area contributed by atoms with E-state index in [1.807, 2.05) is 24.4 Å². The quantitative estimate of drug-likeness (QED) is 0.570. The summed E-state index contributed by atoms with van der Waals surface area (Å²) >= 11 is 0. The number of methoxy groups -OCH3 is 1. The highest BCUT2D eigenvalue weighted by Gasteiger charge is 1.99. The van der Waals surface area contributed by atoms with Crippen LogP contribution in [0.3, 0.4) is 0 Å². The standard InChI is InChI=1S/C18H22N2O2/c1-22-13-3-2-4-17(21)10-9-15-5-7-16(8-6-15)14-18-19-11-12-20-18/h5-12H,2-4,13-14H2,1H3,(H,19,20). The van der Waals surface area contributed by atoms with Crippen molar-refractivity contribution in [3.8, 4) is 0 Å². The maximum atomic E-state index is 11.7. The van der Waals surface area contributed by atoms with Crippen molar-refractivity contribution >= 4 is 11.9 Å². The van der Waals surface area contributed by atoms with Crippen molar-refractivity contribution in [1.29, 1.82) is 0 Å². The van der Waals surface area contributed by atoms with Gasteiger partial charge < -0.3 is 9.72 Å². The monoisotopic (exact) mass is 298 g/mol. The van der Waals surface area contributed by atoms with Crippen molar-refractivity contribution in [3.63, 3.8) is 0 Å². The van der Waals surface area contributed by atoms with Crippen molar-refractivity contribution in [2.75, 3.05) is 13.7 Å². The molecule has 0 saturated carbocycles. The first kappa shape index (κ1) is 16.2. The normalized spacial score (nSPS) is 11.1. The number of nitrogens with one attached hydrogen (secondary N) is 1. The average Bonchev–Trinajstić information content (AvgIpc) is 3.04. The lowest BCUT2D eigenvalue weighted by molar-refractivity contribution is -0.114. The van der Waals surface area contributed by atoms with Crippen molar-refractivity contribution < 1.29 is 9.53 Å². The summed E-state index contributed by atoms with van der Waals surface area (Å²) in [5.74, 6) is 1.12. The number of hydrogen-bond donors (Lipinski definition) is 1. The van der Waals surface area contributed by atoms with Crippen molar-refractivity contribution in [2.45, 2.75) is 25.7 Å². The van der Waals surface area contributed by atoms with Gasteiger partial charge in [0.2, 0.25) is 0 Å². The second-order valence-electron chi connectivity index (χ2n) is 5.20. The van der Waals surface area contributed by atoms with Crippen LogP contribution in [0.15, 0.2) is 42.7 Å². The van der Waals surface area contributed by atoms with Gasteiger partial charge in [-0.05, 0) is 30.0 Å². The average molecular weight is 298 g/mol. The van der Waals surface area contributed by atoms with Crippen LogP contribution in [0.5, 0.6) is 0 Å². The van der Waals surface area contributed by atoms with Gasteiger partial charge in [0, 0.05) is 39.0 Å². The first-order valence-electron chi connectivity index (χ1n) is 7.55. The molecule has 0 aliphatic rings. The molecule has 0 bridgehead atoms. The molecule has 0 aliphatic heterocycles. The molecule has 4 nitrogen and oxygen atoms in total. The van der Waals surface area contributed by atoms with E-state index in [1.54, 1.807) is 19.4 Å².